The number of aliphatic imine (C=N–C) groups is 1. The molecule has 2 rings (SSSR count). The van der Waals surface area contributed by atoms with Gasteiger partial charge in [0.1, 0.15) is 0 Å². The van der Waals surface area contributed by atoms with E-state index >= 15 is 0 Å². The lowest BCUT2D eigenvalue weighted by molar-refractivity contribution is 0.949. The van der Waals surface area contributed by atoms with Crippen LogP contribution in [-0.2, 0) is 0 Å². The zero-order valence-corrected chi connectivity index (χ0v) is 14.0. The molecule has 1 N–H and O–H groups in total. The molecule has 1 aliphatic rings. The van der Waals surface area contributed by atoms with E-state index in [4.69, 9.17) is 0 Å². The number of nitrogens with zero attached hydrogens (tertiary/aromatic N) is 2. The first kappa shape index (κ1) is 15.6. The lowest BCUT2D eigenvalue weighted by Gasteiger charge is -2.21. The maximum absolute atomic E-state index is 4.22. The highest BCUT2D eigenvalue weighted by atomic mass is 127. The Bertz CT molecular complexity index is 403. The number of para-hydroxylation sites is 2. The molecule has 0 bridgehead atoms. The molecule has 0 aromatic heterocycles. The topological polar surface area (TPSA) is 27.6 Å². The molecule has 18 heavy (non-hydrogen) atoms. The molecule has 1 aromatic carbocycles. The number of rotatable bonds is 2. The van der Waals surface area contributed by atoms with Crippen LogP contribution in [0, 0.1) is 0 Å². The largest absolute Gasteiger partial charge is 0.370 e. The molecule has 0 atom stereocenters. The Morgan fingerprint density at radius 2 is 1.94 bits per heavy atom. The molecule has 0 aliphatic carbocycles. The van der Waals surface area contributed by atoms with E-state index in [1.165, 1.54) is 18.5 Å². The van der Waals surface area contributed by atoms with Crippen molar-refractivity contribution in [3.63, 3.8) is 0 Å². The van der Waals surface area contributed by atoms with Gasteiger partial charge in [-0.25, -0.2) is 0 Å². The second-order valence-electron chi connectivity index (χ2n) is 4.07. The van der Waals surface area contributed by atoms with Crippen LogP contribution in [0.4, 0.5) is 11.4 Å². The molecule has 3 nitrogen and oxygen atoms in total. The molecule has 1 heterocycles. The number of benzene rings is 1. The van der Waals surface area contributed by atoms with Crippen molar-refractivity contribution in [1.82, 2.24) is 0 Å². The summed E-state index contributed by atoms with van der Waals surface area (Å²) in [5.74, 6) is 0. The highest BCUT2D eigenvalue weighted by molar-refractivity contribution is 14.0. The minimum atomic E-state index is 0. The van der Waals surface area contributed by atoms with Crippen LogP contribution in [0.5, 0.6) is 0 Å². The van der Waals surface area contributed by atoms with Gasteiger partial charge in [0.05, 0.1) is 11.4 Å². The van der Waals surface area contributed by atoms with Crippen molar-refractivity contribution < 1.29 is 0 Å². The zero-order valence-electron chi connectivity index (χ0n) is 10.8. The van der Waals surface area contributed by atoms with Gasteiger partial charge in [-0.3, -0.25) is 4.99 Å². The number of thioether (sulfide) groups is 1. The molecule has 100 valence electrons. The summed E-state index contributed by atoms with van der Waals surface area (Å²) in [5.41, 5.74) is 2.45. The lowest BCUT2D eigenvalue weighted by atomic mass is 10.2. The Balaban J connectivity index is 0.00000162. The van der Waals surface area contributed by atoms with Crippen molar-refractivity contribution >= 4 is 52.3 Å². The summed E-state index contributed by atoms with van der Waals surface area (Å²) in [6, 6.07) is 8.46. The molecule has 5 heteroatoms. The van der Waals surface area contributed by atoms with E-state index < -0.39 is 0 Å². The molecule has 0 radical (unpaired) electrons. The summed E-state index contributed by atoms with van der Waals surface area (Å²) in [6.07, 6.45) is 4.63. The van der Waals surface area contributed by atoms with E-state index in [0.717, 1.165) is 23.9 Å². The fraction of sp³-hybridized carbons (Fsp3) is 0.462. The quantitative estimate of drug-likeness (QED) is 0.484. The Morgan fingerprint density at radius 1 is 1.28 bits per heavy atom. The smallest absolute Gasteiger partial charge is 0.160 e. The summed E-state index contributed by atoms with van der Waals surface area (Å²) >= 11 is 1.64. The summed E-state index contributed by atoms with van der Waals surface area (Å²) in [6.45, 7) is 2.33. The van der Waals surface area contributed by atoms with Crippen molar-refractivity contribution in [3.05, 3.63) is 24.3 Å². The van der Waals surface area contributed by atoms with Gasteiger partial charge in [-0.05, 0) is 31.2 Å². The van der Waals surface area contributed by atoms with Crippen molar-refractivity contribution in [1.29, 1.82) is 0 Å². The number of anilines is 2. The monoisotopic (exact) mass is 377 g/mol. The van der Waals surface area contributed by atoms with Crippen molar-refractivity contribution in [2.45, 2.75) is 12.8 Å². The standard InChI is InChI=1S/C13H19N3S.HI/c1-14-13(17-2)15-11-7-3-4-8-12(11)16-9-5-6-10-16;/h3-4,7-8H,5-6,9-10H2,1-2H3,(H,14,15);1H. The fourth-order valence-corrected chi connectivity index (χ4v) is 2.52. The molecule has 1 saturated heterocycles. The van der Waals surface area contributed by atoms with Crippen LogP contribution in [0.25, 0.3) is 0 Å². The molecule has 0 unspecified atom stereocenters. The summed E-state index contributed by atoms with van der Waals surface area (Å²) in [7, 11) is 1.82. The van der Waals surface area contributed by atoms with Crippen LogP contribution in [0.2, 0.25) is 0 Å². The molecular weight excluding hydrogens is 357 g/mol. The van der Waals surface area contributed by atoms with Gasteiger partial charge < -0.3 is 10.2 Å². The van der Waals surface area contributed by atoms with Crippen molar-refractivity contribution in [2.75, 3.05) is 36.6 Å². The Morgan fingerprint density at radius 3 is 2.56 bits per heavy atom. The van der Waals surface area contributed by atoms with Crippen LogP contribution in [0.1, 0.15) is 12.8 Å². The minimum Gasteiger partial charge on any atom is -0.370 e. The maximum atomic E-state index is 4.22. The zero-order chi connectivity index (χ0) is 12.1. The van der Waals surface area contributed by atoms with Gasteiger partial charge in [0.2, 0.25) is 0 Å². The Hall–Kier alpha value is -0.430. The second-order valence-corrected chi connectivity index (χ2v) is 4.86. The van der Waals surface area contributed by atoms with Gasteiger partial charge in [0, 0.05) is 20.1 Å². The van der Waals surface area contributed by atoms with Crippen LogP contribution in [-0.4, -0.2) is 31.6 Å². The van der Waals surface area contributed by atoms with Crippen LogP contribution < -0.4 is 10.2 Å². The first-order valence-electron chi connectivity index (χ1n) is 5.97. The maximum Gasteiger partial charge on any atom is 0.160 e. The van der Waals surface area contributed by atoms with Gasteiger partial charge in [0.15, 0.2) is 5.17 Å². The third-order valence-electron chi connectivity index (χ3n) is 2.99. The SMILES string of the molecule is CN=C(Nc1ccccc1N1CCCC1)SC.I. The predicted molar refractivity (Wildman–Crippen MR) is 93.8 cm³/mol. The van der Waals surface area contributed by atoms with Crippen LogP contribution in [0.15, 0.2) is 29.3 Å². The highest BCUT2D eigenvalue weighted by Crippen LogP contribution is 2.29. The van der Waals surface area contributed by atoms with Gasteiger partial charge in [-0.1, -0.05) is 23.9 Å². The first-order valence-corrected chi connectivity index (χ1v) is 7.19. The number of amidine groups is 1. The molecule has 1 aromatic rings. The van der Waals surface area contributed by atoms with Gasteiger partial charge in [-0.15, -0.1) is 24.0 Å². The van der Waals surface area contributed by atoms with E-state index in [2.05, 4.69) is 39.5 Å². The van der Waals surface area contributed by atoms with Gasteiger partial charge in [0.25, 0.3) is 0 Å². The lowest BCUT2D eigenvalue weighted by Crippen LogP contribution is -2.20. The Labute approximate surface area is 130 Å². The molecule has 1 aliphatic heterocycles. The predicted octanol–water partition coefficient (Wildman–Crippen LogP) is 3.67. The van der Waals surface area contributed by atoms with Gasteiger partial charge in [-0.2, -0.15) is 0 Å². The molecular formula is C13H20IN3S. The van der Waals surface area contributed by atoms with E-state index in [1.54, 1.807) is 11.8 Å². The van der Waals surface area contributed by atoms with E-state index in [0.29, 0.717) is 0 Å². The normalized spacial score (nSPS) is 15.4. The Kier molecular flexibility index (Phi) is 6.85. The number of hydrogen-bond donors (Lipinski definition) is 1. The van der Waals surface area contributed by atoms with E-state index in [1.807, 2.05) is 13.3 Å². The first-order chi connectivity index (χ1) is 8.35. The highest BCUT2D eigenvalue weighted by Gasteiger charge is 2.15. The summed E-state index contributed by atoms with van der Waals surface area (Å²) < 4.78 is 0. The van der Waals surface area contributed by atoms with Crippen molar-refractivity contribution in [2.24, 2.45) is 4.99 Å². The van der Waals surface area contributed by atoms with Crippen LogP contribution >= 0.6 is 35.7 Å². The average molecular weight is 377 g/mol. The van der Waals surface area contributed by atoms with E-state index in [9.17, 15) is 0 Å². The minimum absolute atomic E-state index is 0. The third-order valence-corrected chi connectivity index (χ3v) is 3.66. The molecule has 1 fully saturated rings. The van der Waals surface area contributed by atoms with Crippen molar-refractivity contribution in [3.8, 4) is 0 Å². The molecule has 0 spiro atoms. The fourth-order valence-electron chi connectivity index (χ4n) is 2.13. The average Bonchev–Trinajstić information content (AvgIpc) is 2.90. The third kappa shape index (κ3) is 3.78. The number of hydrogen-bond acceptors (Lipinski definition) is 3. The molecule has 0 amide bonds. The summed E-state index contributed by atoms with van der Waals surface area (Å²) in [5, 5.41) is 4.35. The van der Waals surface area contributed by atoms with E-state index in [-0.39, 0.29) is 24.0 Å². The van der Waals surface area contributed by atoms with Crippen LogP contribution in [0.3, 0.4) is 0 Å². The number of nitrogens with one attached hydrogen (secondary N) is 1. The van der Waals surface area contributed by atoms with Gasteiger partial charge >= 0.3 is 0 Å². The summed E-state index contributed by atoms with van der Waals surface area (Å²) in [4.78, 5) is 6.66. The molecule has 0 saturated carbocycles. The number of halogens is 1. The second kappa shape index (κ2) is 7.89.